The third-order valence-electron chi connectivity index (χ3n) is 3.10. The number of benzene rings is 1. The first-order valence-electron chi connectivity index (χ1n) is 6.50. The second-order valence-corrected chi connectivity index (χ2v) is 5.31. The van der Waals surface area contributed by atoms with Gasteiger partial charge in [-0.3, -0.25) is 0 Å². The first kappa shape index (κ1) is 13.4. The molecule has 0 saturated carbocycles. The van der Waals surface area contributed by atoms with E-state index < -0.39 is 0 Å². The molecule has 0 spiro atoms. The maximum atomic E-state index is 6.02. The molecule has 3 nitrogen and oxygen atoms in total. The van der Waals surface area contributed by atoms with Gasteiger partial charge in [0.05, 0.1) is 11.0 Å². The van der Waals surface area contributed by atoms with Crippen LogP contribution >= 0.6 is 11.6 Å². The molecule has 0 bridgehead atoms. The minimum atomic E-state index is 0.407. The Morgan fingerprint density at radius 3 is 2.78 bits per heavy atom. The molecule has 4 heteroatoms. The predicted octanol–water partition coefficient (Wildman–Crippen LogP) is 3.55. The van der Waals surface area contributed by atoms with Crippen LogP contribution in [0.15, 0.2) is 18.2 Å². The second kappa shape index (κ2) is 5.72. The molecule has 1 aromatic heterocycles. The predicted molar refractivity (Wildman–Crippen MR) is 77.1 cm³/mol. The van der Waals surface area contributed by atoms with Crippen molar-refractivity contribution >= 4 is 22.6 Å². The summed E-state index contributed by atoms with van der Waals surface area (Å²) in [6, 6.07) is 6.32. The van der Waals surface area contributed by atoms with Crippen LogP contribution in [0, 0.1) is 0 Å². The van der Waals surface area contributed by atoms with Crippen LogP contribution in [0.5, 0.6) is 0 Å². The van der Waals surface area contributed by atoms with Gasteiger partial charge in [0.25, 0.3) is 0 Å². The van der Waals surface area contributed by atoms with E-state index in [0.717, 1.165) is 47.7 Å². The van der Waals surface area contributed by atoms with Gasteiger partial charge in [0.1, 0.15) is 5.82 Å². The van der Waals surface area contributed by atoms with Crippen molar-refractivity contribution < 1.29 is 0 Å². The highest BCUT2D eigenvalue weighted by atomic mass is 35.5. The lowest BCUT2D eigenvalue weighted by Crippen LogP contribution is -2.07. The largest absolute Gasteiger partial charge is 0.330 e. The normalized spacial score (nSPS) is 11.6. The average molecular weight is 266 g/mol. The van der Waals surface area contributed by atoms with Crippen LogP contribution in [-0.2, 0) is 6.42 Å². The molecule has 0 unspecified atom stereocenters. The topological polar surface area (TPSA) is 43.8 Å². The highest BCUT2D eigenvalue weighted by molar-refractivity contribution is 6.31. The summed E-state index contributed by atoms with van der Waals surface area (Å²) in [7, 11) is 0. The molecule has 0 aliphatic heterocycles. The fraction of sp³-hybridized carbons (Fsp3) is 0.500. The summed E-state index contributed by atoms with van der Waals surface area (Å²) >= 11 is 6.02. The van der Waals surface area contributed by atoms with Crippen LogP contribution in [-0.4, -0.2) is 16.1 Å². The maximum absolute atomic E-state index is 6.02. The monoisotopic (exact) mass is 265 g/mol. The van der Waals surface area contributed by atoms with Crippen molar-refractivity contribution in [1.82, 2.24) is 9.55 Å². The number of rotatable bonds is 5. The van der Waals surface area contributed by atoms with Crippen molar-refractivity contribution in [2.75, 3.05) is 6.54 Å². The summed E-state index contributed by atoms with van der Waals surface area (Å²) in [5.74, 6) is 1.13. The Kier molecular flexibility index (Phi) is 4.25. The van der Waals surface area contributed by atoms with Gasteiger partial charge >= 0.3 is 0 Å². The standard InChI is InChI=1S/C14H20ClN3/c1-10(2)18-13-7-6-11(15)9-12(13)17-14(18)5-3-4-8-16/h6-7,9-10H,3-5,8,16H2,1-2H3. The smallest absolute Gasteiger partial charge is 0.110 e. The Bertz CT molecular complexity index is 531. The summed E-state index contributed by atoms with van der Waals surface area (Å²) in [5.41, 5.74) is 7.69. The minimum Gasteiger partial charge on any atom is -0.330 e. The van der Waals surface area contributed by atoms with Crippen molar-refractivity contribution in [3.8, 4) is 0 Å². The van der Waals surface area contributed by atoms with E-state index in [1.54, 1.807) is 0 Å². The Hall–Kier alpha value is -1.06. The van der Waals surface area contributed by atoms with Crippen LogP contribution in [0.2, 0.25) is 5.02 Å². The highest BCUT2D eigenvalue weighted by Gasteiger charge is 2.12. The van der Waals surface area contributed by atoms with E-state index in [1.165, 1.54) is 0 Å². The van der Waals surface area contributed by atoms with E-state index in [9.17, 15) is 0 Å². The first-order chi connectivity index (χ1) is 8.63. The Morgan fingerprint density at radius 1 is 1.33 bits per heavy atom. The molecule has 0 saturated heterocycles. The zero-order chi connectivity index (χ0) is 13.1. The Balaban J connectivity index is 2.41. The van der Waals surface area contributed by atoms with Gasteiger partial charge in [0.2, 0.25) is 0 Å². The van der Waals surface area contributed by atoms with E-state index in [-0.39, 0.29) is 0 Å². The van der Waals surface area contributed by atoms with Crippen LogP contribution in [0.4, 0.5) is 0 Å². The van der Waals surface area contributed by atoms with E-state index in [4.69, 9.17) is 22.3 Å². The van der Waals surface area contributed by atoms with Gasteiger partial charge in [-0.1, -0.05) is 11.6 Å². The number of imidazole rings is 1. The zero-order valence-corrected chi connectivity index (χ0v) is 11.7. The van der Waals surface area contributed by atoms with Gasteiger partial charge in [-0.25, -0.2) is 4.98 Å². The summed E-state index contributed by atoms with van der Waals surface area (Å²) in [5, 5.41) is 0.740. The minimum absolute atomic E-state index is 0.407. The number of fused-ring (bicyclic) bond motifs is 1. The van der Waals surface area contributed by atoms with Crippen LogP contribution in [0.25, 0.3) is 11.0 Å². The molecule has 18 heavy (non-hydrogen) atoms. The van der Waals surface area contributed by atoms with Crippen molar-refractivity contribution in [2.45, 2.75) is 39.2 Å². The number of halogens is 1. The number of aryl methyl sites for hydroxylation is 1. The summed E-state index contributed by atoms with van der Waals surface area (Å²) < 4.78 is 2.29. The van der Waals surface area contributed by atoms with Gasteiger partial charge in [-0.2, -0.15) is 0 Å². The van der Waals surface area contributed by atoms with Crippen molar-refractivity contribution in [1.29, 1.82) is 0 Å². The fourth-order valence-electron chi connectivity index (χ4n) is 2.30. The highest BCUT2D eigenvalue weighted by Crippen LogP contribution is 2.24. The third-order valence-corrected chi connectivity index (χ3v) is 3.33. The molecule has 0 radical (unpaired) electrons. The molecular weight excluding hydrogens is 246 g/mol. The summed E-state index contributed by atoms with van der Waals surface area (Å²) in [6.45, 7) is 5.11. The number of aromatic nitrogens is 2. The van der Waals surface area contributed by atoms with Gasteiger partial charge in [-0.05, 0) is 51.4 Å². The van der Waals surface area contributed by atoms with Gasteiger partial charge in [0, 0.05) is 17.5 Å². The third kappa shape index (κ3) is 2.68. The molecule has 0 amide bonds. The van der Waals surface area contributed by atoms with Crippen LogP contribution < -0.4 is 5.73 Å². The molecule has 1 heterocycles. The lowest BCUT2D eigenvalue weighted by atomic mass is 10.2. The Labute approximate surface area is 113 Å². The lowest BCUT2D eigenvalue weighted by molar-refractivity contribution is 0.571. The molecule has 0 atom stereocenters. The number of hydrogen-bond donors (Lipinski definition) is 1. The van der Waals surface area contributed by atoms with Crippen molar-refractivity contribution in [2.24, 2.45) is 5.73 Å². The SMILES string of the molecule is CC(C)n1c(CCCCN)nc2cc(Cl)ccc21. The van der Waals surface area contributed by atoms with E-state index >= 15 is 0 Å². The number of nitrogens with two attached hydrogens (primary N) is 1. The molecule has 0 fully saturated rings. The average Bonchev–Trinajstić information content (AvgIpc) is 2.66. The lowest BCUT2D eigenvalue weighted by Gasteiger charge is -2.12. The number of nitrogens with zero attached hydrogens (tertiary/aromatic N) is 2. The summed E-state index contributed by atoms with van der Waals surface area (Å²) in [4.78, 5) is 4.70. The molecule has 1 aromatic carbocycles. The molecule has 2 aromatic rings. The van der Waals surface area contributed by atoms with Gasteiger partial charge in [0.15, 0.2) is 0 Å². The fourth-order valence-corrected chi connectivity index (χ4v) is 2.47. The molecule has 2 rings (SSSR count). The Morgan fingerprint density at radius 2 is 2.11 bits per heavy atom. The quantitative estimate of drug-likeness (QED) is 0.840. The van der Waals surface area contributed by atoms with Crippen molar-refractivity contribution in [3.05, 3.63) is 29.0 Å². The molecule has 98 valence electrons. The first-order valence-corrected chi connectivity index (χ1v) is 6.87. The molecule has 2 N–H and O–H groups in total. The van der Waals surface area contributed by atoms with Crippen molar-refractivity contribution in [3.63, 3.8) is 0 Å². The van der Waals surface area contributed by atoms with Gasteiger partial charge < -0.3 is 10.3 Å². The zero-order valence-electron chi connectivity index (χ0n) is 11.0. The second-order valence-electron chi connectivity index (χ2n) is 4.87. The number of hydrogen-bond acceptors (Lipinski definition) is 2. The van der Waals surface area contributed by atoms with E-state index in [2.05, 4.69) is 24.5 Å². The molecule has 0 aliphatic carbocycles. The summed E-state index contributed by atoms with van der Waals surface area (Å²) in [6.07, 6.45) is 3.10. The van der Waals surface area contributed by atoms with E-state index in [0.29, 0.717) is 6.04 Å². The molecule has 0 aliphatic rings. The van der Waals surface area contributed by atoms with Crippen LogP contribution in [0.1, 0.15) is 38.6 Å². The maximum Gasteiger partial charge on any atom is 0.110 e. The molecular formula is C14H20ClN3. The van der Waals surface area contributed by atoms with Gasteiger partial charge in [-0.15, -0.1) is 0 Å². The van der Waals surface area contributed by atoms with Crippen LogP contribution in [0.3, 0.4) is 0 Å². The van der Waals surface area contributed by atoms with E-state index in [1.807, 2.05) is 12.1 Å². The number of unbranched alkanes of at least 4 members (excludes halogenated alkanes) is 1.